The highest BCUT2D eigenvalue weighted by Crippen LogP contribution is 2.20. The summed E-state index contributed by atoms with van der Waals surface area (Å²) >= 11 is 5.98. The number of nitrogens with two attached hydrogens (primary N) is 1. The first-order valence-corrected chi connectivity index (χ1v) is 6.89. The number of benzene rings is 1. The van der Waals surface area contributed by atoms with Gasteiger partial charge < -0.3 is 5.73 Å². The smallest absolute Gasteiger partial charge is 0.0501 e. The zero-order valence-electron chi connectivity index (χ0n) is 8.83. The Morgan fingerprint density at radius 3 is 2.87 bits per heavy atom. The lowest BCUT2D eigenvalue weighted by molar-refractivity contribution is 0.679. The van der Waals surface area contributed by atoms with Gasteiger partial charge in [0, 0.05) is 27.3 Å². The summed E-state index contributed by atoms with van der Waals surface area (Å²) in [6.45, 7) is 2.09. The van der Waals surface area contributed by atoms with E-state index in [1.165, 1.54) is 0 Å². The summed E-state index contributed by atoms with van der Waals surface area (Å²) in [4.78, 5) is 0. The molecule has 0 aliphatic heterocycles. The third-order valence-electron chi connectivity index (χ3n) is 2.11. The highest BCUT2D eigenvalue weighted by molar-refractivity contribution is 7.84. The lowest BCUT2D eigenvalue weighted by atomic mass is 10.2. The molecule has 2 nitrogen and oxygen atoms in total. The second-order valence-electron chi connectivity index (χ2n) is 3.49. The van der Waals surface area contributed by atoms with Gasteiger partial charge in [-0.2, -0.15) is 0 Å². The molecule has 0 spiro atoms. The SMILES string of the molecule is CCCCS(=O)Cc1cc(N)ccc1Cl. The predicted octanol–water partition coefficient (Wildman–Crippen LogP) is 2.97. The van der Waals surface area contributed by atoms with Gasteiger partial charge in [0.1, 0.15) is 0 Å². The van der Waals surface area contributed by atoms with Gasteiger partial charge in [-0.15, -0.1) is 0 Å². The van der Waals surface area contributed by atoms with Crippen LogP contribution in [0.15, 0.2) is 18.2 Å². The molecule has 4 heteroatoms. The minimum atomic E-state index is -0.829. The van der Waals surface area contributed by atoms with Crippen molar-refractivity contribution in [2.75, 3.05) is 11.5 Å². The molecule has 2 N–H and O–H groups in total. The van der Waals surface area contributed by atoms with Gasteiger partial charge in [0.2, 0.25) is 0 Å². The van der Waals surface area contributed by atoms with E-state index < -0.39 is 10.8 Å². The van der Waals surface area contributed by atoms with Crippen molar-refractivity contribution in [2.24, 2.45) is 0 Å². The molecular weight excluding hydrogens is 230 g/mol. The normalized spacial score (nSPS) is 12.7. The number of hydrogen-bond acceptors (Lipinski definition) is 2. The highest BCUT2D eigenvalue weighted by Gasteiger charge is 2.05. The van der Waals surface area contributed by atoms with Gasteiger partial charge in [-0.1, -0.05) is 24.9 Å². The molecule has 0 aliphatic rings. The molecule has 1 aromatic rings. The van der Waals surface area contributed by atoms with Crippen molar-refractivity contribution in [3.8, 4) is 0 Å². The molecule has 1 atom stereocenters. The summed E-state index contributed by atoms with van der Waals surface area (Å²) < 4.78 is 11.6. The largest absolute Gasteiger partial charge is 0.399 e. The summed E-state index contributed by atoms with van der Waals surface area (Å²) in [5.74, 6) is 1.24. The van der Waals surface area contributed by atoms with E-state index in [-0.39, 0.29) is 0 Å². The lowest BCUT2D eigenvalue weighted by Crippen LogP contribution is -2.02. The van der Waals surface area contributed by atoms with Crippen molar-refractivity contribution in [1.29, 1.82) is 0 Å². The van der Waals surface area contributed by atoms with E-state index in [0.29, 0.717) is 16.5 Å². The van der Waals surface area contributed by atoms with Crippen LogP contribution in [0.5, 0.6) is 0 Å². The van der Waals surface area contributed by atoms with Gasteiger partial charge in [0.25, 0.3) is 0 Å². The molecule has 0 aliphatic carbocycles. The van der Waals surface area contributed by atoms with E-state index in [9.17, 15) is 4.21 Å². The Morgan fingerprint density at radius 1 is 1.47 bits per heavy atom. The molecule has 1 unspecified atom stereocenters. The molecule has 0 amide bonds. The summed E-state index contributed by atoms with van der Waals surface area (Å²) in [7, 11) is -0.829. The summed E-state index contributed by atoms with van der Waals surface area (Å²) in [5.41, 5.74) is 7.19. The van der Waals surface area contributed by atoms with Crippen LogP contribution in [0.25, 0.3) is 0 Å². The average Bonchev–Trinajstić information content (AvgIpc) is 2.20. The second kappa shape index (κ2) is 6.13. The topological polar surface area (TPSA) is 43.1 Å². The maximum absolute atomic E-state index is 11.6. The van der Waals surface area contributed by atoms with Gasteiger partial charge in [-0.3, -0.25) is 4.21 Å². The molecule has 0 radical (unpaired) electrons. The van der Waals surface area contributed by atoms with Gasteiger partial charge in [0.05, 0.1) is 5.75 Å². The van der Waals surface area contributed by atoms with E-state index in [4.69, 9.17) is 17.3 Å². The molecule has 0 saturated heterocycles. The number of rotatable bonds is 5. The molecular formula is C11H16ClNOS. The number of halogens is 1. The van der Waals surface area contributed by atoms with E-state index in [1.807, 2.05) is 0 Å². The summed E-state index contributed by atoms with van der Waals surface area (Å²) in [5, 5.41) is 0.647. The molecule has 0 saturated carbocycles. The van der Waals surface area contributed by atoms with E-state index in [1.54, 1.807) is 18.2 Å². The van der Waals surface area contributed by atoms with Gasteiger partial charge in [0.15, 0.2) is 0 Å². The molecule has 15 heavy (non-hydrogen) atoms. The first-order chi connectivity index (χ1) is 7.13. The Kier molecular flexibility index (Phi) is 5.12. The molecule has 84 valence electrons. The van der Waals surface area contributed by atoms with E-state index >= 15 is 0 Å². The number of unbranched alkanes of at least 4 members (excludes halogenated alkanes) is 1. The van der Waals surface area contributed by atoms with Crippen LogP contribution in [-0.4, -0.2) is 9.96 Å². The maximum Gasteiger partial charge on any atom is 0.0501 e. The number of hydrogen-bond donors (Lipinski definition) is 1. The van der Waals surface area contributed by atoms with Crippen LogP contribution in [-0.2, 0) is 16.6 Å². The fraction of sp³-hybridized carbons (Fsp3) is 0.455. The molecule has 0 fully saturated rings. The number of nitrogen functional groups attached to an aromatic ring is 1. The quantitative estimate of drug-likeness (QED) is 0.811. The van der Waals surface area contributed by atoms with Crippen LogP contribution in [0.3, 0.4) is 0 Å². The van der Waals surface area contributed by atoms with Crippen LogP contribution < -0.4 is 5.73 Å². The van der Waals surface area contributed by atoms with Crippen molar-refractivity contribution in [3.05, 3.63) is 28.8 Å². The van der Waals surface area contributed by atoms with Gasteiger partial charge in [-0.25, -0.2) is 0 Å². The Balaban J connectivity index is 2.63. The van der Waals surface area contributed by atoms with Crippen molar-refractivity contribution >= 4 is 28.1 Å². The van der Waals surface area contributed by atoms with Gasteiger partial charge >= 0.3 is 0 Å². The first kappa shape index (κ1) is 12.5. The zero-order valence-corrected chi connectivity index (χ0v) is 10.4. The minimum absolute atomic E-state index is 0.504. The third-order valence-corrected chi connectivity index (χ3v) is 3.86. The molecule has 0 heterocycles. The Hall–Kier alpha value is -0.540. The van der Waals surface area contributed by atoms with Gasteiger partial charge in [-0.05, 0) is 30.2 Å². The summed E-state index contributed by atoms with van der Waals surface area (Å²) in [6, 6.07) is 5.30. The van der Waals surface area contributed by atoms with Crippen LogP contribution in [0, 0.1) is 0 Å². The third kappa shape index (κ3) is 4.22. The molecule has 0 bridgehead atoms. The van der Waals surface area contributed by atoms with E-state index in [2.05, 4.69) is 6.92 Å². The van der Waals surface area contributed by atoms with Crippen LogP contribution in [0.1, 0.15) is 25.3 Å². The fourth-order valence-corrected chi connectivity index (χ4v) is 2.86. The van der Waals surface area contributed by atoms with Crippen molar-refractivity contribution < 1.29 is 4.21 Å². The average molecular weight is 246 g/mol. The Morgan fingerprint density at radius 2 is 2.20 bits per heavy atom. The van der Waals surface area contributed by atoms with Crippen molar-refractivity contribution in [1.82, 2.24) is 0 Å². The Bertz CT molecular complexity index is 354. The molecule has 0 aromatic heterocycles. The standard InChI is InChI=1S/C11H16ClNOS/c1-2-3-6-15(14)8-9-7-10(13)4-5-11(9)12/h4-5,7H,2-3,6,8,13H2,1H3. The summed E-state index contributed by atoms with van der Waals surface area (Å²) in [6.07, 6.45) is 2.06. The number of anilines is 1. The van der Waals surface area contributed by atoms with Crippen LogP contribution in [0.2, 0.25) is 5.02 Å². The van der Waals surface area contributed by atoms with Crippen LogP contribution in [0.4, 0.5) is 5.69 Å². The van der Waals surface area contributed by atoms with Crippen LogP contribution >= 0.6 is 11.6 Å². The van der Waals surface area contributed by atoms with E-state index in [0.717, 1.165) is 24.2 Å². The van der Waals surface area contributed by atoms with Crippen molar-refractivity contribution in [3.63, 3.8) is 0 Å². The zero-order chi connectivity index (χ0) is 11.3. The minimum Gasteiger partial charge on any atom is -0.399 e. The second-order valence-corrected chi connectivity index (χ2v) is 5.48. The lowest BCUT2D eigenvalue weighted by Gasteiger charge is -2.05. The molecule has 1 rings (SSSR count). The molecule has 1 aromatic carbocycles. The monoisotopic (exact) mass is 245 g/mol. The first-order valence-electron chi connectivity index (χ1n) is 5.02. The van der Waals surface area contributed by atoms with Crippen molar-refractivity contribution in [2.45, 2.75) is 25.5 Å². The predicted molar refractivity (Wildman–Crippen MR) is 67.5 cm³/mol. The highest BCUT2D eigenvalue weighted by atomic mass is 35.5. The fourth-order valence-electron chi connectivity index (χ4n) is 1.26. The maximum atomic E-state index is 11.6. The Labute approximate surface area is 98.3 Å².